The number of aryl methyl sites for hydroxylation is 1. The monoisotopic (exact) mass is 327 g/mol. The molecule has 1 unspecified atom stereocenters. The Bertz CT molecular complexity index is 492. The Labute approximate surface area is 120 Å². The van der Waals surface area contributed by atoms with Gasteiger partial charge in [0.2, 0.25) is 0 Å². The van der Waals surface area contributed by atoms with E-state index in [-0.39, 0.29) is 0 Å². The zero-order valence-electron chi connectivity index (χ0n) is 10.7. The van der Waals surface area contributed by atoms with Crippen LogP contribution in [0.2, 0.25) is 0 Å². The molecule has 18 heavy (non-hydrogen) atoms. The number of thiophene rings is 1. The van der Waals surface area contributed by atoms with E-state index in [2.05, 4.69) is 57.8 Å². The molecule has 1 N–H and O–H groups in total. The summed E-state index contributed by atoms with van der Waals surface area (Å²) in [6.45, 7) is 6.14. The molecule has 0 spiro atoms. The van der Waals surface area contributed by atoms with Gasteiger partial charge in [0.15, 0.2) is 0 Å². The standard InChI is InChI=1S/C13H18BrN3S/c1-3-15-12(13-11(14)5-6-18-13)7-10-8-16-17(4-2)9-10/h5-6,8-9,12,15H,3-4,7H2,1-2H3. The summed E-state index contributed by atoms with van der Waals surface area (Å²) < 4.78 is 3.17. The molecular weight excluding hydrogens is 310 g/mol. The van der Waals surface area contributed by atoms with E-state index in [0.29, 0.717) is 6.04 Å². The van der Waals surface area contributed by atoms with Crippen molar-refractivity contribution in [1.29, 1.82) is 0 Å². The van der Waals surface area contributed by atoms with Crippen LogP contribution in [0.15, 0.2) is 28.3 Å². The van der Waals surface area contributed by atoms with Crippen molar-refractivity contribution in [1.82, 2.24) is 15.1 Å². The largest absolute Gasteiger partial charge is 0.309 e. The fraction of sp³-hybridized carbons (Fsp3) is 0.462. The Balaban J connectivity index is 2.13. The minimum Gasteiger partial charge on any atom is -0.309 e. The second-order valence-corrected chi connectivity index (χ2v) is 5.95. The predicted molar refractivity (Wildman–Crippen MR) is 80.0 cm³/mol. The highest BCUT2D eigenvalue weighted by Gasteiger charge is 2.16. The number of rotatable bonds is 6. The number of likely N-dealkylation sites (N-methyl/N-ethyl adjacent to an activating group) is 1. The van der Waals surface area contributed by atoms with Crippen LogP contribution < -0.4 is 5.32 Å². The summed E-state index contributed by atoms with van der Waals surface area (Å²) in [5, 5.41) is 10.0. The van der Waals surface area contributed by atoms with Crippen LogP contribution in [-0.2, 0) is 13.0 Å². The number of halogens is 1. The van der Waals surface area contributed by atoms with Gasteiger partial charge in [0.25, 0.3) is 0 Å². The third-order valence-electron chi connectivity index (χ3n) is 2.86. The Morgan fingerprint density at radius 2 is 2.33 bits per heavy atom. The Morgan fingerprint density at radius 1 is 1.50 bits per heavy atom. The van der Waals surface area contributed by atoms with Gasteiger partial charge < -0.3 is 5.32 Å². The number of nitrogens with zero attached hydrogens (tertiary/aromatic N) is 2. The van der Waals surface area contributed by atoms with Crippen molar-refractivity contribution in [3.8, 4) is 0 Å². The van der Waals surface area contributed by atoms with Gasteiger partial charge in [-0.3, -0.25) is 4.68 Å². The molecule has 2 rings (SSSR count). The van der Waals surface area contributed by atoms with Crippen molar-refractivity contribution >= 4 is 27.3 Å². The van der Waals surface area contributed by atoms with Gasteiger partial charge in [-0.15, -0.1) is 11.3 Å². The molecule has 0 bridgehead atoms. The summed E-state index contributed by atoms with van der Waals surface area (Å²) in [4.78, 5) is 1.36. The summed E-state index contributed by atoms with van der Waals surface area (Å²) in [6, 6.07) is 2.47. The van der Waals surface area contributed by atoms with Crippen LogP contribution in [-0.4, -0.2) is 16.3 Å². The fourth-order valence-electron chi connectivity index (χ4n) is 1.98. The van der Waals surface area contributed by atoms with Gasteiger partial charge in [-0.1, -0.05) is 6.92 Å². The first kappa shape index (κ1) is 13.8. The maximum Gasteiger partial charge on any atom is 0.0522 e. The van der Waals surface area contributed by atoms with E-state index in [0.717, 1.165) is 19.5 Å². The summed E-state index contributed by atoms with van der Waals surface area (Å²) in [6.07, 6.45) is 5.08. The maximum atomic E-state index is 4.33. The van der Waals surface area contributed by atoms with E-state index in [1.165, 1.54) is 14.9 Å². The van der Waals surface area contributed by atoms with Crippen LogP contribution in [0.5, 0.6) is 0 Å². The quantitative estimate of drug-likeness (QED) is 0.878. The lowest BCUT2D eigenvalue weighted by Gasteiger charge is -2.16. The number of hydrogen-bond donors (Lipinski definition) is 1. The third kappa shape index (κ3) is 3.22. The zero-order chi connectivity index (χ0) is 13.0. The van der Waals surface area contributed by atoms with Crippen LogP contribution in [0, 0.1) is 0 Å². The number of hydrogen-bond acceptors (Lipinski definition) is 3. The molecule has 2 heterocycles. The SMILES string of the molecule is CCNC(Cc1cnn(CC)c1)c1sccc1Br. The van der Waals surface area contributed by atoms with Crippen LogP contribution in [0.3, 0.4) is 0 Å². The number of aromatic nitrogens is 2. The minimum atomic E-state index is 0.360. The number of nitrogens with one attached hydrogen (secondary N) is 1. The zero-order valence-corrected chi connectivity index (χ0v) is 13.1. The molecule has 2 aromatic rings. The van der Waals surface area contributed by atoms with Crippen molar-refractivity contribution in [2.45, 2.75) is 32.9 Å². The Kier molecular flexibility index (Phi) is 4.97. The molecule has 0 amide bonds. The molecule has 98 valence electrons. The maximum absolute atomic E-state index is 4.33. The topological polar surface area (TPSA) is 29.9 Å². The van der Waals surface area contributed by atoms with Crippen molar-refractivity contribution in [3.63, 3.8) is 0 Å². The molecular formula is C13H18BrN3S. The molecule has 0 saturated heterocycles. The van der Waals surface area contributed by atoms with Gasteiger partial charge in [-0.25, -0.2) is 0 Å². The lowest BCUT2D eigenvalue weighted by Crippen LogP contribution is -2.22. The summed E-state index contributed by atoms with van der Waals surface area (Å²) >= 11 is 5.41. The lowest BCUT2D eigenvalue weighted by atomic mass is 10.1. The molecule has 5 heteroatoms. The first-order valence-electron chi connectivity index (χ1n) is 6.22. The van der Waals surface area contributed by atoms with Gasteiger partial charge in [-0.05, 0) is 52.8 Å². The predicted octanol–water partition coefficient (Wildman–Crippen LogP) is 3.62. The minimum absolute atomic E-state index is 0.360. The highest BCUT2D eigenvalue weighted by atomic mass is 79.9. The highest BCUT2D eigenvalue weighted by Crippen LogP contribution is 2.31. The molecule has 0 fully saturated rings. The normalized spacial score (nSPS) is 12.8. The first-order chi connectivity index (χ1) is 8.74. The second-order valence-electron chi connectivity index (χ2n) is 4.15. The highest BCUT2D eigenvalue weighted by molar-refractivity contribution is 9.10. The van der Waals surface area contributed by atoms with Crippen LogP contribution in [0.1, 0.15) is 30.3 Å². The lowest BCUT2D eigenvalue weighted by molar-refractivity contribution is 0.556. The van der Waals surface area contributed by atoms with Crippen LogP contribution in [0.4, 0.5) is 0 Å². The van der Waals surface area contributed by atoms with Gasteiger partial charge in [0, 0.05) is 28.1 Å². The van der Waals surface area contributed by atoms with Gasteiger partial charge in [0.1, 0.15) is 0 Å². The van der Waals surface area contributed by atoms with E-state index >= 15 is 0 Å². The second kappa shape index (κ2) is 6.50. The van der Waals surface area contributed by atoms with E-state index in [1.54, 1.807) is 11.3 Å². The Morgan fingerprint density at radius 3 is 2.89 bits per heavy atom. The van der Waals surface area contributed by atoms with Crippen molar-refractivity contribution in [3.05, 3.63) is 38.8 Å². The van der Waals surface area contributed by atoms with E-state index in [9.17, 15) is 0 Å². The summed E-state index contributed by atoms with van der Waals surface area (Å²) in [5.74, 6) is 0. The van der Waals surface area contributed by atoms with E-state index in [4.69, 9.17) is 0 Å². The Hall–Kier alpha value is -0.650. The molecule has 1 atom stereocenters. The smallest absolute Gasteiger partial charge is 0.0522 e. The average molecular weight is 328 g/mol. The molecule has 2 aromatic heterocycles. The molecule has 0 aromatic carbocycles. The molecule has 0 aliphatic carbocycles. The van der Waals surface area contributed by atoms with E-state index in [1.807, 2.05) is 10.9 Å². The molecule has 0 aliphatic heterocycles. The van der Waals surface area contributed by atoms with Crippen molar-refractivity contribution in [2.75, 3.05) is 6.54 Å². The van der Waals surface area contributed by atoms with Gasteiger partial charge in [-0.2, -0.15) is 5.10 Å². The first-order valence-corrected chi connectivity index (χ1v) is 7.89. The fourth-order valence-corrected chi connectivity index (χ4v) is 3.70. The average Bonchev–Trinajstić information content (AvgIpc) is 2.97. The van der Waals surface area contributed by atoms with Crippen molar-refractivity contribution in [2.24, 2.45) is 0 Å². The van der Waals surface area contributed by atoms with Gasteiger partial charge >= 0.3 is 0 Å². The molecule has 0 radical (unpaired) electrons. The summed E-state index contributed by atoms with van der Waals surface area (Å²) in [7, 11) is 0. The molecule has 0 saturated carbocycles. The van der Waals surface area contributed by atoms with Crippen molar-refractivity contribution < 1.29 is 0 Å². The summed E-state index contributed by atoms with van der Waals surface area (Å²) in [5.41, 5.74) is 1.28. The third-order valence-corrected chi connectivity index (χ3v) is 4.85. The van der Waals surface area contributed by atoms with Crippen LogP contribution in [0.25, 0.3) is 0 Å². The molecule has 3 nitrogen and oxygen atoms in total. The van der Waals surface area contributed by atoms with E-state index < -0.39 is 0 Å². The molecule has 0 aliphatic rings. The van der Waals surface area contributed by atoms with Gasteiger partial charge in [0.05, 0.1) is 6.20 Å². The van der Waals surface area contributed by atoms with Crippen LogP contribution >= 0.6 is 27.3 Å².